The third-order valence-electron chi connectivity index (χ3n) is 6.20. The van der Waals surface area contributed by atoms with Crippen LogP contribution >= 0.6 is 0 Å². The lowest BCUT2D eigenvalue weighted by Crippen LogP contribution is -2.53. The van der Waals surface area contributed by atoms with Gasteiger partial charge in [0.25, 0.3) is 12.0 Å². The van der Waals surface area contributed by atoms with Gasteiger partial charge in [0.05, 0.1) is 29.5 Å². The molecule has 36 heavy (non-hydrogen) atoms. The predicted octanol–water partition coefficient (Wildman–Crippen LogP) is 3.36. The van der Waals surface area contributed by atoms with E-state index in [0.29, 0.717) is 23.7 Å². The van der Waals surface area contributed by atoms with E-state index in [1.807, 2.05) is 0 Å². The van der Waals surface area contributed by atoms with Crippen LogP contribution in [0.25, 0.3) is 10.9 Å². The van der Waals surface area contributed by atoms with E-state index in [1.165, 1.54) is 12.1 Å². The van der Waals surface area contributed by atoms with Crippen molar-refractivity contribution in [1.29, 1.82) is 5.26 Å². The minimum absolute atomic E-state index is 0.00600. The molecular weight excluding hydrogens is 506 g/mol. The average Bonchev–Trinajstić information content (AvgIpc) is 3.60. The van der Waals surface area contributed by atoms with Crippen LogP contribution in [-0.4, -0.2) is 41.8 Å². The summed E-state index contributed by atoms with van der Waals surface area (Å²) in [6, 6.07) is 5.78. The van der Waals surface area contributed by atoms with Crippen molar-refractivity contribution in [2.75, 3.05) is 17.8 Å². The van der Waals surface area contributed by atoms with Crippen molar-refractivity contribution in [2.45, 2.75) is 25.8 Å². The highest BCUT2D eigenvalue weighted by molar-refractivity contribution is 7.90. The van der Waals surface area contributed by atoms with Crippen LogP contribution in [0.1, 0.15) is 18.4 Å². The molecule has 0 unspecified atom stereocenters. The number of benzene rings is 2. The van der Waals surface area contributed by atoms with Crippen LogP contribution in [0.4, 0.5) is 23.2 Å². The van der Waals surface area contributed by atoms with Crippen LogP contribution < -0.4 is 15.0 Å². The first-order valence-electron chi connectivity index (χ1n) is 10.7. The highest BCUT2D eigenvalue weighted by Gasteiger charge is 2.55. The van der Waals surface area contributed by atoms with Gasteiger partial charge in [-0.2, -0.15) is 22.4 Å². The lowest BCUT2D eigenvalue weighted by molar-refractivity contribution is 0.125. The largest absolute Gasteiger partial charge is 0.453 e. The Morgan fingerprint density at radius 2 is 1.94 bits per heavy atom. The van der Waals surface area contributed by atoms with Crippen LogP contribution in [0, 0.1) is 28.4 Å². The van der Waals surface area contributed by atoms with Crippen molar-refractivity contribution in [3.8, 4) is 17.6 Å². The summed E-state index contributed by atoms with van der Waals surface area (Å²) in [5, 5.41) is 9.49. The highest BCUT2D eigenvalue weighted by atomic mass is 32.2. The smallest absolute Gasteiger partial charge is 0.301 e. The van der Waals surface area contributed by atoms with Gasteiger partial charge in [-0.15, -0.1) is 0 Å². The Bertz CT molecular complexity index is 1590. The number of nitriles is 1. The van der Waals surface area contributed by atoms with E-state index >= 15 is 0 Å². The van der Waals surface area contributed by atoms with E-state index in [4.69, 9.17) is 4.74 Å². The first-order chi connectivity index (χ1) is 17.0. The number of ether oxygens (including phenoxy) is 1. The van der Waals surface area contributed by atoms with Gasteiger partial charge in [-0.3, -0.25) is 14.1 Å². The third kappa shape index (κ3) is 4.24. The lowest BCUT2D eigenvalue weighted by Gasteiger charge is -2.38. The van der Waals surface area contributed by atoms with Gasteiger partial charge in [-0.25, -0.2) is 18.2 Å². The van der Waals surface area contributed by atoms with Gasteiger partial charge in [0.15, 0.2) is 11.6 Å². The molecular formula is C22H17F4N5O4S. The van der Waals surface area contributed by atoms with Crippen LogP contribution in [0.15, 0.2) is 35.4 Å². The maximum Gasteiger partial charge on any atom is 0.301 e. The summed E-state index contributed by atoms with van der Waals surface area (Å²) in [7, 11) is -4.13. The maximum absolute atomic E-state index is 14.7. The number of fused-ring (bicyclic) bond motifs is 1. The minimum atomic E-state index is -4.13. The number of alkyl halides is 2. The molecule has 1 aliphatic carbocycles. The molecule has 0 atom stereocenters. The summed E-state index contributed by atoms with van der Waals surface area (Å²) >= 11 is 0. The fraction of sp³-hybridized carbons (Fsp3) is 0.318. The number of nitrogens with one attached hydrogen (secondary N) is 1. The first-order valence-corrected chi connectivity index (χ1v) is 12.1. The van der Waals surface area contributed by atoms with Crippen LogP contribution in [-0.2, 0) is 16.8 Å². The number of hydrogen-bond acceptors (Lipinski definition) is 6. The summed E-state index contributed by atoms with van der Waals surface area (Å²) < 4.78 is 89.3. The number of hydrogen-bond donors (Lipinski definition) is 1. The van der Waals surface area contributed by atoms with Crippen molar-refractivity contribution in [1.82, 2.24) is 13.9 Å². The molecule has 2 aliphatic rings. The minimum Gasteiger partial charge on any atom is -0.453 e. The molecule has 1 saturated carbocycles. The van der Waals surface area contributed by atoms with E-state index < -0.39 is 57.4 Å². The number of aromatic nitrogens is 2. The summed E-state index contributed by atoms with van der Waals surface area (Å²) in [6.07, 6.45) is -0.0200. The molecule has 0 radical (unpaired) electrons. The van der Waals surface area contributed by atoms with Crippen molar-refractivity contribution >= 4 is 26.8 Å². The van der Waals surface area contributed by atoms with Crippen molar-refractivity contribution in [3.63, 3.8) is 0 Å². The Hall–Kier alpha value is -3.70. The van der Waals surface area contributed by atoms with Gasteiger partial charge in [0, 0.05) is 19.2 Å². The molecule has 14 heteroatoms. The maximum atomic E-state index is 14.7. The second-order valence-electron chi connectivity index (χ2n) is 8.79. The Balaban J connectivity index is 1.50. The quantitative estimate of drug-likeness (QED) is 0.475. The lowest BCUT2D eigenvalue weighted by atomic mass is 10.0. The van der Waals surface area contributed by atoms with E-state index in [9.17, 15) is 36.0 Å². The number of anilines is 1. The molecule has 0 bridgehead atoms. The SMILES string of the molecule is N#Cc1c(NS(=O)(=O)N2CC3(CC3)C2)cc(F)c(F)c1Oc1ccc2ncn(CC(F)F)c(=O)c2c1. The van der Waals surface area contributed by atoms with Gasteiger partial charge >= 0.3 is 10.2 Å². The van der Waals surface area contributed by atoms with Gasteiger partial charge in [0.1, 0.15) is 17.4 Å². The van der Waals surface area contributed by atoms with Gasteiger partial charge in [-0.05, 0) is 36.5 Å². The zero-order chi connectivity index (χ0) is 25.8. The molecule has 5 rings (SSSR count). The zero-order valence-electron chi connectivity index (χ0n) is 18.3. The predicted molar refractivity (Wildman–Crippen MR) is 119 cm³/mol. The Morgan fingerprint density at radius 1 is 1.22 bits per heavy atom. The topological polar surface area (TPSA) is 117 Å². The molecule has 1 saturated heterocycles. The molecule has 188 valence electrons. The second kappa shape index (κ2) is 8.45. The Kier molecular flexibility index (Phi) is 5.64. The molecule has 2 heterocycles. The van der Waals surface area contributed by atoms with Crippen LogP contribution in [0.5, 0.6) is 11.5 Å². The summed E-state index contributed by atoms with van der Waals surface area (Å²) in [5.74, 6) is -4.18. The molecule has 2 aromatic carbocycles. The molecule has 1 aromatic heterocycles. The molecule has 1 N–H and O–H groups in total. The van der Waals surface area contributed by atoms with E-state index in [2.05, 4.69) is 9.71 Å². The monoisotopic (exact) mass is 523 g/mol. The Labute approximate surface area is 201 Å². The standard InChI is InChI=1S/C22H17F4N5O4S/c23-15-6-17(29-36(33,34)31-9-22(10-31)3-4-22)14(7-27)20(19(15)26)35-12-1-2-16-13(5-12)21(32)30(11-28-16)8-18(24)25/h1-2,5-6,11,18,29H,3-4,8-10H2. The normalized spacial score (nSPS) is 16.7. The van der Waals surface area contributed by atoms with Gasteiger partial charge < -0.3 is 4.74 Å². The van der Waals surface area contributed by atoms with Gasteiger partial charge in [0.2, 0.25) is 5.82 Å². The van der Waals surface area contributed by atoms with Gasteiger partial charge in [-0.1, -0.05) is 0 Å². The molecule has 1 aliphatic heterocycles. The number of rotatable bonds is 7. The average molecular weight is 523 g/mol. The van der Waals surface area contributed by atoms with Crippen LogP contribution in [0.3, 0.4) is 0 Å². The third-order valence-corrected chi connectivity index (χ3v) is 7.61. The van der Waals surface area contributed by atoms with Crippen LogP contribution in [0.2, 0.25) is 0 Å². The van der Waals surface area contributed by atoms with E-state index in [-0.39, 0.29) is 22.1 Å². The summed E-state index contributed by atoms with van der Waals surface area (Å²) in [5.41, 5.74) is -1.84. The summed E-state index contributed by atoms with van der Waals surface area (Å²) in [4.78, 5) is 16.5. The van der Waals surface area contributed by atoms with E-state index in [0.717, 1.165) is 29.5 Å². The first kappa shape index (κ1) is 24.0. The molecule has 0 amide bonds. The van der Waals surface area contributed by atoms with Crippen molar-refractivity contribution in [2.24, 2.45) is 5.41 Å². The molecule has 9 nitrogen and oxygen atoms in total. The van der Waals surface area contributed by atoms with E-state index in [1.54, 1.807) is 6.07 Å². The summed E-state index contributed by atoms with van der Waals surface area (Å²) in [6.45, 7) is -0.303. The molecule has 3 aromatic rings. The fourth-order valence-corrected chi connectivity index (χ4v) is 5.51. The Morgan fingerprint density at radius 3 is 2.58 bits per heavy atom. The van der Waals surface area contributed by atoms with Crippen molar-refractivity contribution in [3.05, 3.63) is 58.1 Å². The molecule has 1 spiro atoms. The zero-order valence-corrected chi connectivity index (χ0v) is 19.2. The van der Waals surface area contributed by atoms with Crippen molar-refractivity contribution < 1.29 is 30.7 Å². The molecule has 2 fully saturated rings. The number of halogens is 4. The highest BCUT2D eigenvalue weighted by Crippen LogP contribution is 2.53. The number of nitrogens with zero attached hydrogens (tertiary/aromatic N) is 4. The fourth-order valence-electron chi connectivity index (χ4n) is 4.06. The second-order valence-corrected chi connectivity index (χ2v) is 10.5.